The summed E-state index contributed by atoms with van der Waals surface area (Å²) in [7, 11) is 1.31. The zero-order chi connectivity index (χ0) is 22.7. The van der Waals surface area contributed by atoms with E-state index in [-0.39, 0.29) is 5.57 Å². The van der Waals surface area contributed by atoms with Crippen LogP contribution in [0.4, 0.5) is 5.00 Å². The van der Waals surface area contributed by atoms with Crippen molar-refractivity contribution >= 4 is 45.9 Å². The standard InChI is InChI=1S/C24H19ClN2O4S/c1-30-24(29)21-17-7-3-5-9-20(17)32-23(21)27-22(28)14(13-26)12-15-10-11-19(31-15)16-6-2-4-8-18(16)25/h2,4,6,8,10-12H,3,5,7,9H2,1H3,(H,27,28)/b14-12+. The Morgan fingerprint density at radius 3 is 2.75 bits per heavy atom. The minimum absolute atomic E-state index is 0.146. The SMILES string of the molecule is COC(=O)c1c(NC(=O)/C(C#N)=C/c2ccc(-c3ccccc3Cl)o2)sc2c1CCCC2. The number of carbonyl (C=O) groups is 2. The second-order valence-corrected chi connectivity index (χ2v) is 8.72. The van der Waals surface area contributed by atoms with Crippen LogP contribution in [-0.2, 0) is 22.4 Å². The predicted molar refractivity (Wildman–Crippen MR) is 124 cm³/mol. The number of amides is 1. The lowest BCUT2D eigenvalue weighted by molar-refractivity contribution is -0.112. The van der Waals surface area contributed by atoms with Crippen LogP contribution in [-0.4, -0.2) is 19.0 Å². The lowest BCUT2D eigenvalue weighted by Gasteiger charge is -2.11. The quantitative estimate of drug-likeness (QED) is 0.288. The van der Waals surface area contributed by atoms with Gasteiger partial charge < -0.3 is 14.5 Å². The van der Waals surface area contributed by atoms with Gasteiger partial charge in [0.05, 0.1) is 17.7 Å². The maximum atomic E-state index is 12.8. The average Bonchev–Trinajstić information content (AvgIpc) is 3.41. The second kappa shape index (κ2) is 9.43. The molecule has 0 atom stereocenters. The molecule has 32 heavy (non-hydrogen) atoms. The number of nitriles is 1. The van der Waals surface area contributed by atoms with Gasteiger partial charge in [0.15, 0.2) is 0 Å². The Morgan fingerprint density at radius 1 is 1.22 bits per heavy atom. The third kappa shape index (κ3) is 4.33. The number of hydrogen-bond donors (Lipinski definition) is 1. The van der Waals surface area contributed by atoms with Crippen molar-refractivity contribution in [2.45, 2.75) is 25.7 Å². The molecular formula is C24H19ClN2O4S. The van der Waals surface area contributed by atoms with Crippen LogP contribution in [0.5, 0.6) is 0 Å². The van der Waals surface area contributed by atoms with Crippen LogP contribution in [0.3, 0.4) is 0 Å². The molecule has 162 valence electrons. The first-order valence-electron chi connectivity index (χ1n) is 10.0. The molecule has 1 aliphatic carbocycles. The first kappa shape index (κ1) is 21.9. The van der Waals surface area contributed by atoms with E-state index >= 15 is 0 Å². The van der Waals surface area contributed by atoms with Gasteiger partial charge in [-0.1, -0.05) is 23.7 Å². The Balaban J connectivity index is 1.60. The highest BCUT2D eigenvalue weighted by Gasteiger charge is 2.27. The maximum Gasteiger partial charge on any atom is 0.341 e. The molecule has 0 spiro atoms. The van der Waals surface area contributed by atoms with E-state index in [0.717, 1.165) is 36.1 Å². The van der Waals surface area contributed by atoms with Gasteiger partial charge in [-0.25, -0.2) is 4.79 Å². The van der Waals surface area contributed by atoms with E-state index in [1.807, 2.05) is 24.3 Å². The van der Waals surface area contributed by atoms with E-state index in [2.05, 4.69) is 5.32 Å². The number of aryl methyl sites for hydroxylation is 1. The van der Waals surface area contributed by atoms with Gasteiger partial charge in [-0.3, -0.25) is 4.79 Å². The topological polar surface area (TPSA) is 92.3 Å². The molecule has 1 aromatic carbocycles. The normalized spacial score (nSPS) is 13.2. The zero-order valence-electron chi connectivity index (χ0n) is 17.2. The fourth-order valence-corrected chi connectivity index (χ4v) is 5.17. The Hall–Kier alpha value is -3.34. The van der Waals surface area contributed by atoms with E-state index in [4.69, 9.17) is 20.8 Å². The summed E-state index contributed by atoms with van der Waals surface area (Å²) in [6.45, 7) is 0. The van der Waals surface area contributed by atoms with Crippen molar-refractivity contribution in [2.75, 3.05) is 12.4 Å². The number of nitrogens with one attached hydrogen (secondary N) is 1. The molecule has 3 aromatic rings. The molecule has 2 aromatic heterocycles. The Bertz CT molecular complexity index is 1270. The van der Waals surface area contributed by atoms with Gasteiger partial charge >= 0.3 is 5.97 Å². The summed E-state index contributed by atoms with van der Waals surface area (Å²) in [6.07, 6.45) is 5.01. The van der Waals surface area contributed by atoms with E-state index in [1.165, 1.54) is 24.5 Å². The van der Waals surface area contributed by atoms with Gasteiger partial charge in [0.25, 0.3) is 5.91 Å². The van der Waals surface area contributed by atoms with Crippen LogP contribution >= 0.6 is 22.9 Å². The smallest absolute Gasteiger partial charge is 0.341 e. The number of furan rings is 1. The number of benzene rings is 1. The molecule has 1 N–H and O–H groups in total. The summed E-state index contributed by atoms with van der Waals surface area (Å²) in [6, 6.07) is 12.5. The van der Waals surface area contributed by atoms with Crippen LogP contribution in [0.1, 0.15) is 39.4 Å². The molecule has 0 saturated heterocycles. The number of rotatable bonds is 5. The molecule has 0 radical (unpaired) electrons. The highest BCUT2D eigenvalue weighted by molar-refractivity contribution is 7.17. The summed E-state index contributed by atoms with van der Waals surface area (Å²) >= 11 is 7.57. The van der Waals surface area contributed by atoms with Crippen molar-refractivity contribution in [3.8, 4) is 17.4 Å². The minimum Gasteiger partial charge on any atom is -0.465 e. The van der Waals surface area contributed by atoms with Gasteiger partial charge in [-0.05, 0) is 55.5 Å². The number of methoxy groups -OCH3 is 1. The van der Waals surface area contributed by atoms with Gasteiger partial charge in [0, 0.05) is 16.5 Å². The minimum atomic E-state index is -0.619. The Morgan fingerprint density at radius 2 is 2.00 bits per heavy atom. The second-order valence-electron chi connectivity index (χ2n) is 7.21. The van der Waals surface area contributed by atoms with Gasteiger partial charge in [0.2, 0.25) is 0 Å². The molecule has 0 aliphatic heterocycles. The van der Waals surface area contributed by atoms with Gasteiger partial charge in [-0.15, -0.1) is 11.3 Å². The van der Waals surface area contributed by atoms with Crippen molar-refractivity contribution in [3.05, 3.63) is 68.8 Å². The van der Waals surface area contributed by atoms with Crippen molar-refractivity contribution in [1.82, 2.24) is 0 Å². The molecule has 1 amide bonds. The summed E-state index contributed by atoms with van der Waals surface area (Å²) < 4.78 is 10.7. The molecule has 1 aliphatic rings. The fourth-order valence-electron chi connectivity index (χ4n) is 3.67. The van der Waals surface area contributed by atoms with Crippen LogP contribution in [0.15, 0.2) is 46.4 Å². The Kier molecular flexibility index (Phi) is 6.45. The van der Waals surface area contributed by atoms with Gasteiger partial charge in [0.1, 0.15) is 28.2 Å². The lowest BCUT2D eigenvalue weighted by atomic mass is 9.95. The summed E-state index contributed by atoms with van der Waals surface area (Å²) in [5.74, 6) is -0.242. The summed E-state index contributed by atoms with van der Waals surface area (Å²) in [5.41, 5.74) is 1.88. The third-order valence-corrected chi connectivity index (χ3v) is 6.74. The number of hydrogen-bond acceptors (Lipinski definition) is 6. The number of esters is 1. The first-order valence-corrected chi connectivity index (χ1v) is 11.2. The van der Waals surface area contributed by atoms with E-state index in [0.29, 0.717) is 32.7 Å². The molecule has 4 rings (SSSR count). The molecule has 0 unspecified atom stereocenters. The molecule has 0 saturated carbocycles. The number of nitrogens with zero attached hydrogens (tertiary/aromatic N) is 1. The predicted octanol–water partition coefficient (Wildman–Crippen LogP) is 5.87. The van der Waals surface area contributed by atoms with Crippen molar-refractivity contribution in [1.29, 1.82) is 5.26 Å². The van der Waals surface area contributed by atoms with E-state index in [9.17, 15) is 14.9 Å². The van der Waals surface area contributed by atoms with Crippen molar-refractivity contribution in [3.63, 3.8) is 0 Å². The Labute approximate surface area is 194 Å². The molecule has 2 heterocycles. The number of anilines is 1. The fraction of sp³-hybridized carbons (Fsp3) is 0.208. The highest BCUT2D eigenvalue weighted by atomic mass is 35.5. The third-order valence-electron chi connectivity index (χ3n) is 5.21. The highest BCUT2D eigenvalue weighted by Crippen LogP contribution is 2.39. The van der Waals surface area contributed by atoms with E-state index in [1.54, 1.807) is 18.2 Å². The van der Waals surface area contributed by atoms with Crippen molar-refractivity contribution < 1.29 is 18.7 Å². The zero-order valence-corrected chi connectivity index (χ0v) is 18.8. The van der Waals surface area contributed by atoms with Crippen LogP contribution in [0.25, 0.3) is 17.4 Å². The lowest BCUT2D eigenvalue weighted by Crippen LogP contribution is -2.16. The molecular weight excluding hydrogens is 448 g/mol. The molecule has 0 bridgehead atoms. The largest absolute Gasteiger partial charge is 0.465 e. The number of halogens is 1. The number of carbonyl (C=O) groups excluding carboxylic acids is 2. The first-order chi connectivity index (χ1) is 15.5. The van der Waals surface area contributed by atoms with Crippen LogP contribution in [0, 0.1) is 11.3 Å². The average molecular weight is 467 g/mol. The van der Waals surface area contributed by atoms with Crippen molar-refractivity contribution in [2.24, 2.45) is 0 Å². The molecule has 8 heteroatoms. The van der Waals surface area contributed by atoms with Gasteiger partial charge in [-0.2, -0.15) is 5.26 Å². The van der Waals surface area contributed by atoms with Crippen LogP contribution < -0.4 is 5.32 Å². The monoisotopic (exact) mass is 466 g/mol. The molecule has 6 nitrogen and oxygen atoms in total. The summed E-state index contributed by atoms with van der Waals surface area (Å²) in [5, 5.41) is 13.2. The number of ether oxygens (including phenoxy) is 1. The maximum absolute atomic E-state index is 12.8. The summed E-state index contributed by atoms with van der Waals surface area (Å²) in [4.78, 5) is 26.3. The molecule has 0 fully saturated rings. The number of thiophene rings is 1. The number of fused-ring (bicyclic) bond motifs is 1. The van der Waals surface area contributed by atoms with E-state index < -0.39 is 11.9 Å². The van der Waals surface area contributed by atoms with Crippen LogP contribution in [0.2, 0.25) is 5.02 Å².